The van der Waals surface area contributed by atoms with Crippen LogP contribution in [-0.2, 0) is 11.0 Å². The van der Waals surface area contributed by atoms with E-state index in [0.29, 0.717) is 11.5 Å². The number of nitrogens with two attached hydrogens (primary N) is 1. The van der Waals surface area contributed by atoms with Gasteiger partial charge >= 0.3 is 6.18 Å². The topological polar surface area (TPSA) is 75.3 Å². The van der Waals surface area contributed by atoms with Crippen molar-refractivity contribution in [1.29, 1.82) is 0 Å². The van der Waals surface area contributed by atoms with Gasteiger partial charge in [-0.2, -0.15) is 24.9 Å². The minimum absolute atomic E-state index is 0.0398. The van der Waals surface area contributed by atoms with Gasteiger partial charge in [0.1, 0.15) is 0 Å². The molecule has 0 unspecified atom stereocenters. The van der Waals surface area contributed by atoms with Crippen LogP contribution in [0.25, 0.3) is 0 Å². The Balaban J connectivity index is 2.58. The molecule has 0 saturated carbocycles. The summed E-state index contributed by atoms with van der Waals surface area (Å²) < 4.78 is 37.3. The van der Waals surface area contributed by atoms with E-state index in [2.05, 4.69) is 5.32 Å². The number of rotatable bonds is 6. The Morgan fingerprint density at radius 3 is 2.60 bits per heavy atom. The van der Waals surface area contributed by atoms with Crippen molar-refractivity contribution in [3.05, 3.63) is 23.8 Å². The molecule has 1 amide bonds. The number of alkyl halides is 3. The maximum absolute atomic E-state index is 12.4. The zero-order chi connectivity index (χ0) is 15.2. The fraction of sp³-hybridized carbons (Fsp3) is 0.417. The molecule has 0 fully saturated rings. The number of aliphatic hydroxyl groups excluding tert-OH is 1. The van der Waals surface area contributed by atoms with Gasteiger partial charge in [0.15, 0.2) is 0 Å². The molecule has 0 heterocycles. The van der Waals surface area contributed by atoms with Gasteiger partial charge in [-0.05, 0) is 18.2 Å². The van der Waals surface area contributed by atoms with Gasteiger partial charge in [-0.25, -0.2) is 0 Å². The molecule has 4 N–H and O–H groups in total. The highest BCUT2D eigenvalue weighted by Crippen LogP contribution is 2.32. The van der Waals surface area contributed by atoms with Crippen LogP contribution in [0.3, 0.4) is 0 Å². The van der Waals surface area contributed by atoms with Crippen molar-refractivity contribution in [2.45, 2.75) is 12.6 Å². The second-order valence-corrected chi connectivity index (χ2v) is 5.16. The van der Waals surface area contributed by atoms with E-state index in [1.54, 1.807) is 0 Å². The van der Waals surface area contributed by atoms with E-state index in [1.165, 1.54) is 11.8 Å². The van der Waals surface area contributed by atoms with E-state index >= 15 is 0 Å². The number of thioether (sulfide) groups is 1. The molecule has 20 heavy (non-hydrogen) atoms. The lowest BCUT2D eigenvalue weighted by Gasteiger charge is -2.11. The van der Waals surface area contributed by atoms with Gasteiger partial charge < -0.3 is 16.2 Å². The fourth-order valence-electron chi connectivity index (χ4n) is 1.40. The van der Waals surface area contributed by atoms with Crippen molar-refractivity contribution >= 4 is 29.0 Å². The van der Waals surface area contributed by atoms with Crippen LogP contribution in [0, 0.1) is 0 Å². The largest absolute Gasteiger partial charge is 0.416 e. The van der Waals surface area contributed by atoms with Crippen molar-refractivity contribution in [3.63, 3.8) is 0 Å². The summed E-state index contributed by atoms with van der Waals surface area (Å²) in [5.74, 6) is 0.727. The third kappa shape index (κ3) is 5.30. The van der Waals surface area contributed by atoms with Crippen LogP contribution in [0.4, 0.5) is 24.5 Å². The first-order valence-corrected chi connectivity index (χ1v) is 6.95. The number of nitrogen functional groups attached to an aromatic ring is 1. The summed E-state index contributed by atoms with van der Waals surface area (Å²) in [7, 11) is 0. The van der Waals surface area contributed by atoms with E-state index < -0.39 is 11.7 Å². The standard InChI is InChI=1S/C12H15F3N2O2S/c13-12(14,15)8-1-2-10(9(16)7-8)17-11(19)3-5-20-6-4-18/h1-2,7,18H,3-6,16H2,(H,17,19). The van der Waals surface area contributed by atoms with E-state index in [0.717, 1.165) is 18.2 Å². The number of nitrogens with one attached hydrogen (secondary N) is 1. The van der Waals surface area contributed by atoms with Crippen molar-refractivity contribution in [3.8, 4) is 0 Å². The Bertz CT molecular complexity index is 467. The second kappa shape index (κ2) is 7.39. The Morgan fingerprint density at radius 2 is 2.05 bits per heavy atom. The highest BCUT2D eigenvalue weighted by Gasteiger charge is 2.30. The van der Waals surface area contributed by atoms with Gasteiger partial charge in [0.05, 0.1) is 23.5 Å². The lowest BCUT2D eigenvalue weighted by molar-refractivity contribution is -0.137. The molecule has 0 aliphatic rings. The number of carbonyl (C=O) groups is 1. The first kappa shape index (κ1) is 16.6. The second-order valence-electron chi connectivity index (χ2n) is 3.93. The van der Waals surface area contributed by atoms with Crippen LogP contribution in [-0.4, -0.2) is 29.1 Å². The van der Waals surface area contributed by atoms with Gasteiger partial charge in [-0.3, -0.25) is 4.79 Å². The number of benzene rings is 1. The smallest absolute Gasteiger partial charge is 0.397 e. The highest BCUT2D eigenvalue weighted by atomic mass is 32.2. The van der Waals surface area contributed by atoms with Gasteiger partial charge in [-0.1, -0.05) is 0 Å². The molecule has 0 spiro atoms. The maximum atomic E-state index is 12.4. The molecule has 1 aromatic rings. The summed E-state index contributed by atoms with van der Waals surface area (Å²) in [6.07, 6.45) is -4.26. The van der Waals surface area contributed by atoms with E-state index in [9.17, 15) is 18.0 Å². The number of carbonyl (C=O) groups excluding carboxylic acids is 1. The molecule has 8 heteroatoms. The number of amides is 1. The highest BCUT2D eigenvalue weighted by molar-refractivity contribution is 7.99. The summed E-state index contributed by atoms with van der Waals surface area (Å²) in [5, 5.41) is 11.0. The van der Waals surface area contributed by atoms with Crippen molar-refractivity contribution < 1.29 is 23.1 Å². The Kier molecular flexibility index (Phi) is 6.15. The molecule has 0 radical (unpaired) electrons. The monoisotopic (exact) mass is 308 g/mol. The number of anilines is 2. The fourth-order valence-corrected chi connectivity index (χ4v) is 2.06. The molecular weight excluding hydrogens is 293 g/mol. The zero-order valence-electron chi connectivity index (χ0n) is 10.5. The normalized spacial score (nSPS) is 11.4. The van der Waals surface area contributed by atoms with Gasteiger partial charge in [-0.15, -0.1) is 0 Å². The van der Waals surface area contributed by atoms with E-state index in [1.807, 2.05) is 0 Å². The van der Waals surface area contributed by atoms with Gasteiger partial charge in [0, 0.05) is 17.9 Å². The molecule has 1 rings (SSSR count). The van der Waals surface area contributed by atoms with Crippen LogP contribution in [0.15, 0.2) is 18.2 Å². The van der Waals surface area contributed by atoms with E-state index in [-0.39, 0.29) is 30.3 Å². The molecule has 0 aromatic heterocycles. The number of hydrogen-bond donors (Lipinski definition) is 3. The third-order valence-electron chi connectivity index (χ3n) is 2.36. The van der Waals surface area contributed by atoms with E-state index in [4.69, 9.17) is 10.8 Å². The molecule has 4 nitrogen and oxygen atoms in total. The summed E-state index contributed by atoms with van der Waals surface area (Å²) in [6.45, 7) is 0.0398. The molecule has 1 aromatic carbocycles. The van der Waals surface area contributed by atoms with Crippen LogP contribution < -0.4 is 11.1 Å². The van der Waals surface area contributed by atoms with Gasteiger partial charge in [0.25, 0.3) is 0 Å². The maximum Gasteiger partial charge on any atom is 0.416 e. The lowest BCUT2D eigenvalue weighted by atomic mass is 10.1. The van der Waals surface area contributed by atoms with Crippen molar-refractivity contribution in [2.24, 2.45) is 0 Å². The first-order valence-electron chi connectivity index (χ1n) is 5.79. The summed E-state index contributed by atoms with van der Waals surface area (Å²) in [4.78, 5) is 11.5. The van der Waals surface area contributed by atoms with Gasteiger partial charge in [0.2, 0.25) is 5.91 Å². The Labute approximate surface area is 118 Å². The summed E-state index contributed by atoms with van der Waals surface area (Å²) in [5.41, 5.74) is 4.67. The number of halogens is 3. The number of hydrogen-bond acceptors (Lipinski definition) is 4. The molecule has 0 aliphatic carbocycles. The Hall–Kier alpha value is -1.41. The average molecular weight is 308 g/mol. The van der Waals surface area contributed by atoms with Crippen molar-refractivity contribution in [1.82, 2.24) is 0 Å². The minimum atomic E-state index is -4.46. The molecular formula is C12H15F3N2O2S. The molecule has 0 atom stereocenters. The lowest BCUT2D eigenvalue weighted by Crippen LogP contribution is -2.14. The van der Waals surface area contributed by atoms with Crippen LogP contribution in [0.1, 0.15) is 12.0 Å². The predicted molar refractivity (Wildman–Crippen MR) is 73.5 cm³/mol. The molecule has 112 valence electrons. The number of aliphatic hydroxyl groups is 1. The van der Waals surface area contributed by atoms with Crippen LogP contribution in [0.2, 0.25) is 0 Å². The van der Waals surface area contributed by atoms with Crippen molar-refractivity contribution in [2.75, 3.05) is 29.2 Å². The minimum Gasteiger partial charge on any atom is -0.397 e. The molecule has 0 bridgehead atoms. The average Bonchev–Trinajstić information content (AvgIpc) is 2.36. The zero-order valence-corrected chi connectivity index (χ0v) is 11.4. The third-order valence-corrected chi connectivity index (χ3v) is 3.33. The predicted octanol–water partition coefficient (Wildman–Crippen LogP) is 2.34. The summed E-state index contributed by atoms with van der Waals surface area (Å²) in [6, 6.07) is 2.79. The Morgan fingerprint density at radius 1 is 1.35 bits per heavy atom. The molecule has 0 aliphatic heterocycles. The first-order chi connectivity index (χ1) is 9.34. The summed E-state index contributed by atoms with van der Waals surface area (Å²) >= 11 is 1.41. The SMILES string of the molecule is Nc1cc(C(F)(F)F)ccc1NC(=O)CCSCCO. The van der Waals surface area contributed by atoms with Crippen LogP contribution >= 0.6 is 11.8 Å². The van der Waals surface area contributed by atoms with Crippen LogP contribution in [0.5, 0.6) is 0 Å². The molecule has 0 saturated heterocycles. The quantitative estimate of drug-likeness (QED) is 0.557.